The zero-order valence-corrected chi connectivity index (χ0v) is 13.9. The first-order valence-electron chi connectivity index (χ1n) is 6.25. The molecule has 0 atom stereocenters. The summed E-state index contributed by atoms with van der Waals surface area (Å²) in [5.74, 6) is 0.715. The van der Waals surface area contributed by atoms with E-state index in [1.165, 1.54) is 0 Å². The van der Waals surface area contributed by atoms with Gasteiger partial charge < -0.3 is 10.3 Å². The highest BCUT2D eigenvalue weighted by molar-refractivity contribution is 9.10. The summed E-state index contributed by atoms with van der Waals surface area (Å²) >= 11 is 3.25. The number of benzene rings is 1. The van der Waals surface area contributed by atoms with E-state index in [0.717, 1.165) is 5.56 Å². The maximum Gasteiger partial charge on any atom is 0.241 e. The molecule has 0 fully saturated rings. The summed E-state index contributed by atoms with van der Waals surface area (Å²) in [6.07, 6.45) is 2.04. The zero-order valence-electron chi connectivity index (χ0n) is 11.5. The van der Waals surface area contributed by atoms with Crippen LogP contribution in [-0.4, -0.2) is 29.7 Å². The molecule has 0 spiro atoms. The summed E-state index contributed by atoms with van der Waals surface area (Å²) in [5, 5.41) is 7.65. The molecule has 0 aliphatic rings. The average molecular weight is 374 g/mol. The molecule has 0 amide bonds. The summed E-state index contributed by atoms with van der Waals surface area (Å²) in [7, 11) is -1.79. The number of hydrogen-bond acceptors (Lipinski definition) is 5. The molecule has 1 aromatic carbocycles. The fraction of sp³-hybridized carbons (Fsp3) is 0.333. The van der Waals surface area contributed by atoms with Crippen LogP contribution in [-0.2, 0) is 30.0 Å². The smallest absolute Gasteiger partial charge is 0.241 e. The minimum absolute atomic E-state index is 0.184. The van der Waals surface area contributed by atoms with Crippen molar-refractivity contribution >= 4 is 26.0 Å². The predicted molar refractivity (Wildman–Crippen MR) is 81.9 cm³/mol. The van der Waals surface area contributed by atoms with E-state index in [-0.39, 0.29) is 18.0 Å². The molecule has 1 heterocycles. The summed E-state index contributed by atoms with van der Waals surface area (Å²) in [5.41, 5.74) is 6.30. The van der Waals surface area contributed by atoms with Crippen LogP contribution < -0.4 is 10.5 Å². The Hall–Kier alpha value is -1.29. The van der Waals surface area contributed by atoms with Gasteiger partial charge in [0, 0.05) is 31.0 Å². The van der Waals surface area contributed by atoms with Crippen molar-refractivity contribution in [1.82, 2.24) is 19.5 Å². The summed E-state index contributed by atoms with van der Waals surface area (Å²) in [6.45, 7) is 0.531. The Morgan fingerprint density at radius 2 is 2.19 bits per heavy atom. The predicted octanol–water partition coefficient (Wildman–Crippen LogP) is 0.557. The first kappa shape index (κ1) is 16.1. The van der Waals surface area contributed by atoms with Crippen LogP contribution in [0.1, 0.15) is 11.4 Å². The number of rotatable bonds is 6. The molecular formula is C12H16BrN5O2S. The molecule has 2 aromatic rings. The zero-order chi connectivity index (χ0) is 15.5. The molecule has 0 saturated carbocycles. The molecule has 1 aromatic heterocycles. The Labute approximate surface area is 131 Å². The molecule has 2 rings (SSSR count). The minimum Gasteiger partial charge on any atom is -0.326 e. The van der Waals surface area contributed by atoms with Gasteiger partial charge in [0.25, 0.3) is 0 Å². The molecule has 0 bridgehead atoms. The fourth-order valence-electron chi connectivity index (χ4n) is 1.79. The van der Waals surface area contributed by atoms with E-state index < -0.39 is 10.0 Å². The van der Waals surface area contributed by atoms with Gasteiger partial charge in [0.05, 0.1) is 4.90 Å². The van der Waals surface area contributed by atoms with Gasteiger partial charge in [0.15, 0.2) is 0 Å². The van der Waals surface area contributed by atoms with Crippen molar-refractivity contribution in [2.75, 3.05) is 6.54 Å². The van der Waals surface area contributed by atoms with Crippen LogP contribution in [0.5, 0.6) is 0 Å². The third kappa shape index (κ3) is 3.88. The fourth-order valence-corrected chi connectivity index (χ4v) is 3.83. The summed E-state index contributed by atoms with van der Waals surface area (Å²) in [4.78, 5) is 0.184. The highest BCUT2D eigenvalue weighted by Gasteiger charge is 2.18. The van der Waals surface area contributed by atoms with E-state index in [2.05, 4.69) is 30.8 Å². The molecule has 7 nitrogen and oxygen atoms in total. The van der Waals surface area contributed by atoms with Gasteiger partial charge in [-0.25, -0.2) is 13.1 Å². The van der Waals surface area contributed by atoms with Crippen molar-refractivity contribution in [3.8, 4) is 0 Å². The molecule has 9 heteroatoms. The largest absolute Gasteiger partial charge is 0.326 e. The van der Waals surface area contributed by atoms with Crippen molar-refractivity contribution in [2.45, 2.75) is 17.9 Å². The first-order chi connectivity index (χ1) is 9.94. The van der Waals surface area contributed by atoms with Crippen LogP contribution in [0.25, 0.3) is 0 Å². The number of nitrogens with two attached hydrogens (primary N) is 1. The third-order valence-electron chi connectivity index (χ3n) is 2.97. The van der Waals surface area contributed by atoms with E-state index in [0.29, 0.717) is 16.7 Å². The SMILES string of the molecule is Cn1cnnc1CCNS(=O)(=O)c1cc(CN)ccc1Br. The first-order valence-corrected chi connectivity index (χ1v) is 8.52. The molecule has 3 N–H and O–H groups in total. The van der Waals surface area contributed by atoms with Gasteiger partial charge in [-0.15, -0.1) is 10.2 Å². The lowest BCUT2D eigenvalue weighted by molar-refractivity contribution is 0.579. The summed E-state index contributed by atoms with van der Waals surface area (Å²) < 4.78 is 29.4. The molecule has 114 valence electrons. The van der Waals surface area contributed by atoms with E-state index in [4.69, 9.17) is 5.73 Å². The van der Waals surface area contributed by atoms with Crippen molar-refractivity contribution in [2.24, 2.45) is 12.8 Å². The van der Waals surface area contributed by atoms with Crippen LogP contribution in [0.2, 0.25) is 0 Å². The number of aryl methyl sites for hydroxylation is 1. The number of nitrogens with zero attached hydrogens (tertiary/aromatic N) is 3. The van der Waals surface area contributed by atoms with Gasteiger partial charge in [-0.2, -0.15) is 0 Å². The van der Waals surface area contributed by atoms with Crippen LogP contribution >= 0.6 is 15.9 Å². The summed E-state index contributed by atoms with van der Waals surface area (Å²) in [6, 6.07) is 5.02. The van der Waals surface area contributed by atoms with Crippen molar-refractivity contribution in [3.63, 3.8) is 0 Å². The van der Waals surface area contributed by atoms with Gasteiger partial charge in [0.1, 0.15) is 12.2 Å². The van der Waals surface area contributed by atoms with Crippen LogP contribution in [0, 0.1) is 0 Å². The Kier molecular flexibility index (Phi) is 5.09. The number of hydrogen-bond donors (Lipinski definition) is 2. The third-order valence-corrected chi connectivity index (χ3v) is 5.42. The topological polar surface area (TPSA) is 103 Å². The second-order valence-corrected chi connectivity index (χ2v) is 7.06. The maximum atomic E-state index is 12.3. The normalized spacial score (nSPS) is 11.8. The monoisotopic (exact) mass is 373 g/mol. The molecule has 0 aliphatic heterocycles. The Morgan fingerprint density at radius 3 is 2.81 bits per heavy atom. The molecule has 0 saturated heterocycles. The number of aromatic nitrogens is 3. The molecule has 0 unspecified atom stereocenters. The lowest BCUT2D eigenvalue weighted by atomic mass is 10.2. The highest BCUT2D eigenvalue weighted by Crippen LogP contribution is 2.22. The van der Waals surface area contributed by atoms with Gasteiger partial charge in [-0.05, 0) is 33.6 Å². The minimum atomic E-state index is -3.60. The lowest BCUT2D eigenvalue weighted by Crippen LogP contribution is -2.27. The number of nitrogens with one attached hydrogen (secondary N) is 1. The van der Waals surface area contributed by atoms with Crippen molar-refractivity contribution in [1.29, 1.82) is 0 Å². The average Bonchev–Trinajstić information content (AvgIpc) is 2.84. The van der Waals surface area contributed by atoms with E-state index in [1.54, 1.807) is 29.1 Å². The molecule has 0 aliphatic carbocycles. The van der Waals surface area contributed by atoms with E-state index in [9.17, 15) is 8.42 Å². The van der Waals surface area contributed by atoms with Gasteiger partial charge in [0.2, 0.25) is 10.0 Å². The highest BCUT2D eigenvalue weighted by atomic mass is 79.9. The molecular weight excluding hydrogens is 358 g/mol. The Morgan fingerprint density at radius 1 is 1.43 bits per heavy atom. The quantitative estimate of drug-likeness (QED) is 0.769. The van der Waals surface area contributed by atoms with Crippen molar-refractivity contribution < 1.29 is 8.42 Å². The number of sulfonamides is 1. The lowest BCUT2D eigenvalue weighted by Gasteiger charge is -2.09. The van der Waals surface area contributed by atoms with Crippen LogP contribution in [0.4, 0.5) is 0 Å². The van der Waals surface area contributed by atoms with E-state index >= 15 is 0 Å². The Bertz CT molecular complexity index is 729. The second kappa shape index (κ2) is 6.65. The Balaban J connectivity index is 2.10. The molecule has 0 radical (unpaired) electrons. The second-order valence-electron chi connectivity index (χ2n) is 4.47. The van der Waals surface area contributed by atoms with Crippen LogP contribution in [0.15, 0.2) is 33.9 Å². The van der Waals surface area contributed by atoms with Crippen LogP contribution in [0.3, 0.4) is 0 Å². The van der Waals surface area contributed by atoms with Crippen molar-refractivity contribution in [3.05, 3.63) is 40.4 Å². The standard InChI is InChI=1S/C12H16BrN5O2S/c1-18-8-15-17-12(18)4-5-16-21(19,20)11-6-9(7-14)2-3-10(11)13/h2-3,6,8,16H,4-5,7,14H2,1H3. The van der Waals surface area contributed by atoms with Gasteiger partial charge >= 0.3 is 0 Å². The van der Waals surface area contributed by atoms with Gasteiger partial charge in [-0.1, -0.05) is 6.07 Å². The van der Waals surface area contributed by atoms with E-state index in [1.807, 2.05) is 7.05 Å². The maximum absolute atomic E-state index is 12.3. The molecule has 21 heavy (non-hydrogen) atoms. The van der Waals surface area contributed by atoms with Gasteiger partial charge in [-0.3, -0.25) is 0 Å². The number of halogens is 1.